The Morgan fingerprint density at radius 3 is 2.21 bits per heavy atom. The van der Waals surface area contributed by atoms with Gasteiger partial charge < -0.3 is 15.5 Å². The molecule has 0 spiro atoms. The minimum Gasteiger partial charge on any atom is -0.356 e. The van der Waals surface area contributed by atoms with E-state index >= 15 is 0 Å². The molecule has 1 aliphatic heterocycles. The van der Waals surface area contributed by atoms with Gasteiger partial charge in [-0.25, -0.2) is 0 Å². The predicted octanol–water partition coefficient (Wildman–Crippen LogP) is 2.43. The summed E-state index contributed by atoms with van der Waals surface area (Å²) in [5, 5.41) is 6.60. The van der Waals surface area contributed by atoms with Gasteiger partial charge in [-0.2, -0.15) is 0 Å². The fourth-order valence-corrected chi connectivity index (χ4v) is 6.37. The first kappa shape index (κ1) is 18.5. The normalized spacial score (nSPS) is 37.9. The molecule has 0 unspecified atom stereocenters. The monoisotopic (exact) mass is 355 g/mol. The van der Waals surface area contributed by atoms with Crippen molar-refractivity contribution >= 4 is 18.3 Å². The average Bonchev–Trinajstić information content (AvgIpc) is 2.51. The molecule has 0 atom stereocenters. The van der Waals surface area contributed by atoms with Crippen molar-refractivity contribution in [3.05, 3.63) is 0 Å². The highest BCUT2D eigenvalue weighted by Crippen LogP contribution is 2.61. The topological polar surface area (TPSA) is 44.4 Å². The van der Waals surface area contributed by atoms with Crippen molar-refractivity contribution in [2.75, 3.05) is 39.3 Å². The summed E-state index contributed by atoms with van der Waals surface area (Å²) < 4.78 is 0. The molecule has 2 N–H and O–H groups in total. The van der Waals surface area contributed by atoms with E-state index in [1.807, 2.05) is 0 Å². The second kappa shape index (κ2) is 7.92. The van der Waals surface area contributed by atoms with Crippen LogP contribution in [0.5, 0.6) is 0 Å². The van der Waals surface area contributed by atoms with Gasteiger partial charge in [-0.1, -0.05) is 0 Å². The molecule has 5 rings (SSSR count). The van der Waals surface area contributed by atoms with Crippen molar-refractivity contribution in [3.8, 4) is 0 Å². The van der Waals surface area contributed by atoms with Crippen LogP contribution in [0.25, 0.3) is 0 Å². The van der Waals surface area contributed by atoms with Crippen LogP contribution < -0.4 is 10.6 Å². The van der Waals surface area contributed by atoms with Crippen LogP contribution in [-0.2, 0) is 4.79 Å². The van der Waals surface area contributed by atoms with E-state index in [-0.39, 0.29) is 12.4 Å². The molecule has 1 heterocycles. The Morgan fingerprint density at radius 2 is 1.62 bits per heavy atom. The maximum atomic E-state index is 12.4. The summed E-state index contributed by atoms with van der Waals surface area (Å²) in [5.41, 5.74) is 0.386. The van der Waals surface area contributed by atoms with Gasteiger partial charge in [0.05, 0.1) is 0 Å². The lowest BCUT2D eigenvalue weighted by atomic mass is 9.49. The second-order valence-electron chi connectivity index (χ2n) is 8.89. The van der Waals surface area contributed by atoms with Crippen LogP contribution in [0.1, 0.15) is 51.4 Å². The molecule has 0 radical (unpaired) electrons. The summed E-state index contributed by atoms with van der Waals surface area (Å²) in [6.45, 7) is 6.51. The van der Waals surface area contributed by atoms with Gasteiger partial charge in [0.1, 0.15) is 0 Å². The highest BCUT2D eigenvalue weighted by atomic mass is 35.5. The van der Waals surface area contributed by atoms with Crippen LogP contribution in [0.2, 0.25) is 0 Å². The van der Waals surface area contributed by atoms with E-state index in [9.17, 15) is 4.79 Å². The van der Waals surface area contributed by atoms with Crippen LogP contribution in [0.3, 0.4) is 0 Å². The third kappa shape index (κ3) is 4.25. The largest absolute Gasteiger partial charge is 0.356 e. The van der Waals surface area contributed by atoms with E-state index in [2.05, 4.69) is 15.5 Å². The maximum Gasteiger partial charge on any atom is 0.220 e. The lowest BCUT2D eigenvalue weighted by Crippen LogP contribution is -2.48. The lowest BCUT2D eigenvalue weighted by molar-refractivity contribution is -0.129. The zero-order chi connectivity index (χ0) is 15.7. The SMILES string of the molecule is Cl.O=C(CC12CC3CC(CC(C3)C1)C2)NCCCN1CCNCC1. The molecule has 4 aliphatic carbocycles. The van der Waals surface area contributed by atoms with Gasteiger partial charge in [0.25, 0.3) is 0 Å². The average molecular weight is 356 g/mol. The number of nitrogens with one attached hydrogen (secondary N) is 2. The molecular weight excluding hydrogens is 322 g/mol. The van der Waals surface area contributed by atoms with Gasteiger partial charge in [-0.15, -0.1) is 12.4 Å². The third-order valence-electron chi connectivity index (χ3n) is 6.88. The molecule has 5 heteroatoms. The maximum absolute atomic E-state index is 12.4. The molecular formula is C19H34ClN3O. The van der Waals surface area contributed by atoms with Crippen molar-refractivity contribution in [2.24, 2.45) is 23.2 Å². The smallest absolute Gasteiger partial charge is 0.220 e. The number of nitrogens with zero attached hydrogens (tertiary/aromatic N) is 1. The molecule has 4 saturated carbocycles. The van der Waals surface area contributed by atoms with Gasteiger partial charge in [0.2, 0.25) is 5.91 Å². The molecule has 0 aromatic carbocycles. The number of piperazine rings is 1. The summed E-state index contributed by atoms with van der Waals surface area (Å²) in [7, 11) is 0. The molecule has 1 saturated heterocycles. The summed E-state index contributed by atoms with van der Waals surface area (Å²) in [4.78, 5) is 14.9. The van der Waals surface area contributed by atoms with E-state index < -0.39 is 0 Å². The predicted molar refractivity (Wildman–Crippen MR) is 99.4 cm³/mol. The van der Waals surface area contributed by atoms with Crippen molar-refractivity contribution in [2.45, 2.75) is 51.4 Å². The first-order valence-corrected chi connectivity index (χ1v) is 9.91. The first-order valence-electron chi connectivity index (χ1n) is 9.91. The van der Waals surface area contributed by atoms with Gasteiger partial charge in [-0.05, 0) is 74.7 Å². The summed E-state index contributed by atoms with van der Waals surface area (Å²) in [6.07, 6.45) is 10.3. The van der Waals surface area contributed by atoms with Crippen molar-refractivity contribution in [3.63, 3.8) is 0 Å². The minimum absolute atomic E-state index is 0. The Hall–Kier alpha value is -0.320. The molecule has 4 bridgehead atoms. The molecule has 0 aromatic heterocycles. The number of amides is 1. The molecule has 138 valence electrons. The van der Waals surface area contributed by atoms with Gasteiger partial charge >= 0.3 is 0 Å². The zero-order valence-corrected chi connectivity index (χ0v) is 15.7. The van der Waals surface area contributed by atoms with E-state index in [0.717, 1.165) is 69.9 Å². The summed E-state index contributed by atoms with van der Waals surface area (Å²) >= 11 is 0. The molecule has 0 aromatic rings. The Labute approximate surface area is 152 Å². The Balaban J connectivity index is 0.00000169. The lowest BCUT2D eigenvalue weighted by Gasteiger charge is -2.56. The standard InChI is InChI=1S/C19H33N3O.ClH/c23-18(21-2-1-5-22-6-3-20-4-7-22)14-19-11-15-8-16(12-19)10-17(9-15)13-19;/h15-17,20H,1-14H2,(H,21,23);1H. The zero-order valence-electron chi connectivity index (χ0n) is 14.9. The number of carbonyl (C=O) groups excluding carboxylic acids is 1. The fourth-order valence-electron chi connectivity index (χ4n) is 6.37. The van der Waals surface area contributed by atoms with Crippen molar-refractivity contribution in [1.29, 1.82) is 0 Å². The third-order valence-corrected chi connectivity index (χ3v) is 6.88. The molecule has 5 fully saturated rings. The van der Waals surface area contributed by atoms with Crippen LogP contribution in [-0.4, -0.2) is 50.1 Å². The van der Waals surface area contributed by atoms with E-state index in [1.165, 1.54) is 38.5 Å². The number of hydrogen-bond acceptors (Lipinski definition) is 3. The summed E-state index contributed by atoms with van der Waals surface area (Å²) in [5.74, 6) is 3.16. The van der Waals surface area contributed by atoms with Crippen LogP contribution in [0, 0.1) is 23.2 Å². The minimum atomic E-state index is 0. The van der Waals surface area contributed by atoms with Crippen LogP contribution in [0.15, 0.2) is 0 Å². The Kier molecular flexibility index (Phi) is 6.10. The van der Waals surface area contributed by atoms with Gasteiger partial charge in [0.15, 0.2) is 0 Å². The highest BCUT2D eigenvalue weighted by molar-refractivity contribution is 5.85. The second-order valence-corrected chi connectivity index (χ2v) is 8.89. The Bertz CT molecular complexity index is 401. The van der Waals surface area contributed by atoms with Crippen molar-refractivity contribution in [1.82, 2.24) is 15.5 Å². The van der Waals surface area contributed by atoms with Crippen molar-refractivity contribution < 1.29 is 4.79 Å². The summed E-state index contributed by atoms with van der Waals surface area (Å²) in [6, 6.07) is 0. The van der Waals surface area contributed by atoms with Crippen LogP contribution in [0.4, 0.5) is 0 Å². The van der Waals surface area contributed by atoms with Gasteiger partial charge in [-0.3, -0.25) is 4.79 Å². The van der Waals surface area contributed by atoms with E-state index in [4.69, 9.17) is 0 Å². The molecule has 4 nitrogen and oxygen atoms in total. The number of rotatable bonds is 6. The van der Waals surface area contributed by atoms with E-state index in [1.54, 1.807) is 0 Å². The molecule has 5 aliphatic rings. The van der Waals surface area contributed by atoms with Crippen LogP contribution >= 0.6 is 12.4 Å². The highest BCUT2D eigenvalue weighted by Gasteiger charge is 2.51. The first-order chi connectivity index (χ1) is 11.2. The quantitative estimate of drug-likeness (QED) is 0.719. The Morgan fingerprint density at radius 1 is 1.04 bits per heavy atom. The number of hydrogen-bond donors (Lipinski definition) is 2. The fraction of sp³-hybridized carbons (Fsp3) is 0.947. The van der Waals surface area contributed by atoms with Gasteiger partial charge in [0, 0.05) is 39.1 Å². The van der Waals surface area contributed by atoms with E-state index in [0.29, 0.717) is 11.3 Å². The number of halogens is 1. The number of carbonyl (C=O) groups is 1. The molecule has 24 heavy (non-hydrogen) atoms. The molecule has 1 amide bonds.